The molecule has 0 aliphatic rings. The molecule has 1 heterocycles. The third kappa shape index (κ3) is 3.58. The van der Waals surface area contributed by atoms with Crippen molar-refractivity contribution in [3.05, 3.63) is 36.4 Å². The molecule has 19 heavy (non-hydrogen) atoms. The Morgan fingerprint density at radius 3 is 2.74 bits per heavy atom. The van der Waals surface area contributed by atoms with E-state index in [1.807, 2.05) is 36.4 Å². The van der Waals surface area contributed by atoms with E-state index in [2.05, 4.69) is 15.6 Å². The number of amides is 2. The van der Waals surface area contributed by atoms with Crippen LogP contribution in [0.1, 0.15) is 0 Å². The quantitative estimate of drug-likeness (QED) is 0.824. The molecular formula is C14H18N4O. The van der Waals surface area contributed by atoms with Crippen LogP contribution in [0, 0.1) is 0 Å². The molecule has 0 unspecified atom stereocenters. The van der Waals surface area contributed by atoms with Gasteiger partial charge in [0.25, 0.3) is 0 Å². The van der Waals surface area contributed by atoms with Gasteiger partial charge in [0, 0.05) is 32.6 Å². The van der Waals surface area contributed by atoms with E-state index >= 15 is 0 Å². The predicted octanol–water partition coefficient (Wildman–Crippen LogP) is 1.92. The number of carbonyl (C=O) groups is 1. The Morgan fingerprint density at radius 2 is 1.95 bits per heavy atom. The van der Waals surface area contributed by atoms with Crippen LogP contribution in [0.5, 0.6) is 0 Å². The van der Waals surface area contributed by atoms with Crippen LogP contribution < -0.4 is 10.6 Å². The molecule has 5 nitrogen and oxygen atoms in total. The summed E-state index contributed by atoms with van der Waals surface area (Å²) in [4.78, 5) is 17.3. The first kappa shape index (κ1) is 13.1. The molecule has 0 bridgehead atoms. The second-order valence-electron chi connectivity index (χ2n) is 4.44. The third-order valence-corrected chi connectivity index (χ3v) is 2.71. The van der Waals surface area contributed by atoms with Gasteiger partial charge in [-0.05, 0) is 18.2 Å². The molecule has 0 aliphatic heterocycles. The van der Waals surface area contributed by atoms with Gasteiger partial charge in [-0.25, -0.2) is 9.78 Å². The van der Waals surface area contributed by atoms with E-state index in [0.717, 1.165) is 16.7 Å². The minimum Gasteiger partial charge on any atom is -0.368 e. The standard InChI is InChI=1S/C14H18N4O/c1-18(2)14(19)16-10-9-15-13-8-7-11-5-3-4-6-12(11)17-13/h3-8H,9-10H2,1-2H3,(H,15,17)(H,16,19). The van der Waals surface area contributed by atoms with Crippen LogP contribution >= 0.6 is 0 Å². The number of nitrogens with one attached hydrogen (secondary N) is 2. The average molecular weight is 258 g/mol. The van der Waals surface area contributed by atoms with E-state index < -0.39 is 0 Å². The van der Waals surface area contributed by atoms with Gasteiger partial charge in [0.05, 0.1) is 5.52 Å². The Hall–Kier alpha value is -2.30. The van der Waals surface area contributed by atoms with Crippen LogP contribution in [0.3, 0.4) is 0 Å². The van der Waals surface area contributed by atoms with Gasteiger partial charge in [-0.1, -0.05) is 18.2 Å². The maximum absolute atomic E-state index is 11.3. The molecule has 0 saturated carbocycles. The van der Waals surface area contributed by atoms with Crippen LogP contribution in [0.15, 0.2) is 36.4 Å². The van der Waals surface area contributed by atoms with Gasteiger partial charge in [-0.15, -0.1) is 0 Å². The summed E-state index contributed by atoms with van der Waals surface area (Å²) in [5, 5.41) is 7.09. The Kier molecular flexibility index (Phi) is 4.18. The van der Waals surface area contributed by atoms with Crippen molar-refractivity contribution in [2.24, 2.45) is 0 Å². The van der Waals surface area contributed by atoms with Crippen molar-refractivity contribution >= 4 is 22.8 Å². The van der Waals surface area contributed by atoms with Crippen LogP contribution in [0.25, 0.3) is 10.9 Å². The maximum atomic E-state index is 11.3. The van der Waals surface area contributed by atoms with E-state index in [9.17, 15) is 4.79 Å². The number of hydrogen-bond donors (Lipinski definition) is 2. The number of hydrogen-bond acceptors (Lipinski definition) is 3. The number of urea groups is 1. The van der Waals surface area contributed by atoms with Gasteiger partial charge in [0.15, 0.2) is 0 Å². The summed E-state index contributed by atoms with van der Waals surface area (Å²) in [6.07, 6.45) is 0. The molecule has 5 heteroatoms. The van der Waals surface area contributed by atoms with E-state index in [0.29, 0.717) is 13.1 Å². The Bertz CT molecular complexity index is 568. The first-order chi connectivity index (χ1) is 9.16. The van der Waals surface area contributed by atoms with E-state index in [4.69, 9.17) is 0 Å². The summed E-state index contributed by atoms with van der Waals surface area (Å²) < 4.78 is 0. The lowest BCUT2D eigenvalue weighted by Crippen LogP contribution is -2.37. The monoisotopic (exact) mass is 258 g/mol. The van der Waals surface area contributed by atoms with Crippen molar-refractivity contribution in [1.82, 2.24) is 15.2 Å². The van der Waals surface area contributed by atoms with Gasteiger partial charge >= 0.3 is 6.03 Å². The number of aromatic nitrogens is 1. The van der Waals surface area contributed by atoms with Crippen LogP contribution in [-0.2, 0) is 0 Å². The van der Waals surface area contributed by atoms with Crippen molar-refractivity contribution in [3.63, 3.8) is 0 Å². The number of nitrogens with zero attached hydrogens (tertiary/aromatic N) is 2. The number of fused-ring (bicyclic) bond motifs is 1. The van der Waals surface area contributed by atoms with Crippen molar-refractivity contribution in [2.45, 2.75) is 0 Å². The number of rotatable bonds is 4. The molecule has 100 valence electrons. The molecule has 2 amide bonds. The molecule has 2 N–H and O–H groups in total. The van der Waals surface area contributed by atoms with Gasteiger partial charge in [-0.3, -0.25) is 0 Å². The van der Waals surface area contributed by atoms with Crippen molar-refractivity contribution in [1.29, 1.82) is 0 Å². The van der Waals surface area contributed by atoms with Crippen LogP contribution in [0.2, 0.25) is 0 Å². The predicted molar refractivity (Wildman–Crippen MR) is 77.3 cm³/mol. The molecule has 1 aromatic carbocycles. The zero-order valence-electron chi connectivity index (χ0n) is 11.2. The largest absolute Gasteiger partial charge is 0.368 e. The summed E-state index contributed by atoms with van der Waals surface area (Å²) in [7, 11) is 3.43. The fourth-order valence-corrected chi connectivity index (χ4v) is 1.68. The zero-order chi connectivity index (χ0) is 13.7. The zero-order valence-corrected chi connectivity index (χ0v) is 11.2. The smallest absolute Gasteiger partial charge is 0.316 e. The second-order valence-corrected chi connectivity index (χ2v) is 4.44. The van der Waals surface area contributed by atoms with Crippen molar-refractivity contribution < 1.29 is 4.79 Å². The van der Waals surface area contributed by atoms with E-state index in [1.54, 1.807) is 14.1 Å². The number of benzene rings is 1. The summed E-state index contributed by atoms with van der Waals surface area (Å²) >= 11 is 0. The fourth-order valence-electron chi connectivity index (χ4n) is 1.68. The minimum absolute atomic E-state index is 0.0896. The molecule has 1 aromatic heterocycles. The summed E-state index contributed by atoms with van der Waals surface area (Å²) in [5.41, 5.74) is 0.963. The van der Waals surface area contributed by atoms with Gasteiger partial charge in [0.1, 0.15) is 5.82 Å². The molecule has 0 aliphatic carbocycles. The Labute approximate surface area is 112 Å². The van der Waals surface area contributed by atoms with Crippen molar-refractivity contribution in [3.8, 4) is 0 Å². The summed E-state index contributed by atoms with van der Waals surface area (Å²) in [6.45, 7) is 1.20. The molecule has 2 aromatic rings. The van der Waals surface area contributed by atoms with Crippen LogP contribution in [-0.4, -0.2) is 43.1 Å². The minimum atomic E-state index is -0.0896. The maximum Gasteiger partial charge on any atom is 0.316 e. The molecule has 2 rings (SSSR count). The first-order valence-electron chi connectivity index (χ1n) is 6.21. The molecule has 0 fully saturated rings. The third-order valence-electron chi connectivity index (χ3n) is 2.71. The fraction of sp³-hybridized carbons (Fsp3) is 0.286. The lowest BCUT2D eigenvalue weighted by Gasteiger charge is -2.12. The lowest BCUT2D eigenvalue weighted by molar-refractivity contribution is 0.218. The first-order valence-corrected chi connectivity index (χ1v) is 6.21. The topological polar surface area (TPSA) is 57.3 Å². The number of para-hydroxylation sites is 1. The van der Waals surface area contributed by atoms with Gasteiger partial charge in [0.2, 0.25) is 0 Å². The molecule has 0 spiro atoms. The van der Waals surface area contributed by atoms with E-state index in [1.165, 1.54) is 4.90 Å². The molecule has 0 radical (unpaired) electrons. The second kappa shape index (κ2) is 6.04. The highest BCUT2D eigenvalue weighted by molar-refractivity contribution is 5.80. The summed E-state index contributed by atoms with van der Waals surface area (Å²) in [5.74, 6) is 0.817. The van der Waals surface area contributed by atoms with Gasteiger partial charge in [-0.2, -0.15) is 0 Å². The highest BCUT2D eigenvalue weighted by atomic mass is 16.2. The molecule has 0 atom stereocenters. The highest BCUT2D eigenvalue weighted by Crippen LogP contribution is 2.13. The lowest BCUT2D eigenvalue weighted by atomic mass is 10.2. The summed E-state index contributed by atoms with van der Waals surface area (Å²) in [6, 6.07) is 11.9. The van der Waals surface area contributed by atoms with E-state index in [-0.39, 0.29) is 6.03 Å². The SMILES string of the molecule is CN(C)C(=O)NCCNc1ccc2ccccc2n1. The number of anilines is 1. The van der Waals surface area contributed by atoms with Gasteiger partial charge < -0.3 is 15.5 Å². The number of carbonyl (C=O) groups excluding carboxylic acids is 1. The molecule has 0 saturated heterocycles. The van der Waals surface area contributed by atoms with Crippen LogP contribution in [0.4, 0.5) is 10.6 Å². The molecular weight excluding hydrogens is 240 g/mol. The number of pyridine rings is 1. The Morgan fingerprint density at radius 1 is 1.16 bits per heavy atom. The normalized spacial score (nSPS) is 10.2. The average Bonchev–Trinajstić information content (AvgIpc) is 2.43. The Balaban J connectivity index is 1.86. The van der Waals surface area contributed by atoms with Crippen molar-refractivity contribution in [2.75, 3.05) is 32.5 Å². The highest BCUT2D eigenvalue weighted by Gasteiger charge is 2.01.